The van der Waals surface area contributed by atoms with Gasteiger partial charge in [-0.25, -0.2) is 9.67 Å². The van der Waals surface area contributed by atoms with Gasteiger partial charge in [0.2, 0.25) is 0 Å². The molecule has 2 saturated heterocycles. The lowest BCUT2D eigenvalue weighted by Crippen LogP contribution is -2.42. The summed E-state index contributed by atoms with van der Waals surface area (Å²) in [6.45, 7) is 17.6. The van der Waals surface area contributed by atoms with Gasteiger partial charge in [0.15, 0.2) is 20.2 Å². The molecule has 4 heterocycles. The Bertz CT molecular complexity index is 1200. The molecule has 2 aromatic heterocycles. The number of pyridine rings is 1. The maximum Gasteiger partial charge on any atom is 0.304 e. The standard InChI is InChI=1S/C27H39ClN4O4Si/c1-16-19(10-24(33)34)26(36-22(16)15-35-37(5,6)27(2,3)4)32-25-20(12-29-32)21(11-23(28)30-25)31-13-17-8-7-9-18(17)14-31/h11-12,17-19,22,26H,1,7-10,13-15H2,2-6H3,(H,33,34)/t17-,18+,19-,22-,26-/m1/s1. The van der Waals surface area contributed by atoms with E-state index in [1.807, 2.05) is 12.3 Å². The number of fused-ring (bicyclic) bond motifs is 2. The molecule has 1 aliphatic carbocycles. The first-order valence-corrected chi connectivity index (χ1v) is 16.6. The van der Waals surface area contributed by atoms with Gasteiger partial charge in [-0.3, -0.25) is 4.79 Å². The summed E-state index contributed by atoms with van der Waals surface area (Å²) < 4.78 is 14.6. The Hall–Kier alpha value is -1.94. The molecule has 0 radical (unpaired) electrons. The molecule has 0 spiro atoms. The summed E-state index contributed by atoms with van der Waals surface area (Å²) in [7, 11) is -2.02. The third kappa shape index (κ3) is 4.95. The summed E-state index contributed by atoms with van der Waals surface area (Å²) in [6.07, 6.45) is 4.54. The van der Waals surface area contributed by atoms with Crippen molar-refractivity contribution in [1.82, 2.24) is 14.8 Å². The Kier molecular flexibility index (Phi) is 6.96. The summed E-state index contributed by atoms with van der Waals surface area (Å²) >= 11 is 6.53. The zero-order valence-corrected chi connectivity index (χ0v) is 24.3. The molecule has 0 aromatic carbocycles. The number of hydrogen-bond donors (Lipinski definition) is 1. The van der Waals surface area contributed by atoms with E-state index in [1.54, 1.807) is 4.68 Å². The number of rotatable bonds is 7. The minimum atomic E-state index is -2.02. The molecule has 2 aliphatic heterocycles. The third-order valence-corrected chi connectivity index (χ3v) is 13.9. The molecule has 0 unspecified atom stereocenters. The fourth-order valence-corrected chi connectivity index (χ4v) is 7.10. The summed E-state index contributed by atoms with van der Waals surface area (Å²) in [6, 6.07) is 1.93. The van der Waals surface area contributed by atoms with Gasteiger partial charge in [-0.2, -0.15) is 5.10 Å². The van der Waals surface area contributed by atoms with E-state index in [4.69, 9.17) is 20.8 Å². The molecule has 3 fully saturated rings. The van der Waals surface area contributed by atoms with Crippen molar-refractivity contribution in [1.29, 1.82) is 0 Å². The first kappa shape index (κ1) is 26.7. The van der Waals surface area contributed by atoms with Crippen LogP contribution in [0.1, 0.15) is 52.7 Å². The Morgan fingerprint density at radius 3 is 2.59 bits per heavy atom. The zero-order chi connectivity index (χ0) is 26.7. The largest absolute Gasteiger partial charge is 0.481 e. The molecule has 1 N–H and O–H groups in total. The van der Waals surface area contributed by atoms with E-state index in [0.717, 1.165) is 41.6 Å². The maximum absolute atomic E-state index is 11.8. The van der Waals surface area contributed by atoms with Gasteiger partial charge in [-0.1, -0.05) is 45.4 Å². The first-order valence-electron chi connectivity index (χ1n) is 13.3. The number of carbonyl (C=O) groups is 1. The van der Waals surface area contributed by atoms with Crippen LogP contribution in [0.5, 0.6) is 0 Å². The van der Waals surface area contributed by atoms with Crippen LogP contribution < -0.4 is 4.90 Å². The normalized spacial score (nSPS) is 28.4. The quantitative estimate of drug-likeness (QED) is 0.263. The highest BCUT2D eigenvalue weighted by Crippen LogP contribution is 2.45. The van der Waals surface area contributed by atoms with Crippen molar-refractivity contribution >= 4 is 42.6 Å². The van der Waals surface area contributed by atoms with Crippen molar-refractivity contribution in [3.8, 4) is 0 Å². The van der Waals surface area contributed by atoms with Crippen molar-refractivity contribution in [3.05, 3.63) is 29.6 Å². The number of ether oxygens (including phenoxy) is 1. The van der Waals surface area contributed by atoms with Crippen molar-refractivity contribution in [2.75, 3.05) is 24.6 Å². The number of halogens is 1. The molecule has 2 aromatic rings. The minimum absolute atomic E-state index is 0.0517. The fraction of sp³-hybridized carbons (Fsp3) is 0.667. The van der Waals surface area contributed by atoms with E-state index in [2.05, 4.69) is 55.4 Å². The van der Waals surface area contributed by atoms with Crippen molar-refractivity contribution in [3.63, 3.8) is 0 Å². The third-order valence-electron chi connectivity index (χ3n) is 9.16. The number of aromatic nitrogens is 3. The molecule has 0 amide bonds. The lowest BCUT2D eigenvalue weighted by molar-refractivity contribution is -0.139. The molecule has 10 heteroatoms. The molecule has 202 valence electrons. The van der Waals surface area contributed by atoms with E-state index >= 15 is 0 Å². The van der Waals surface area contributed by atoms with Gasteiger partial charge >= 0.3 is 5.97 Å². The lowest BCUT2D eigenvalue weighted by Gasteiger charge is -2.36. The van der Waals surface area contributed by atoms with Crippen LogP contribution in [0.25, 0.3) is 11.0 Å². The highest BCUT2D eigenvalue weighted by atomic mass is 35.5. The van der Waals surface area contributed by atoms with Crippen LogP contribution in [-0.4, -0.2) is 60.0 Å². The summed E-state index contributed by atoms with van der Waals surface area (Å²) in [5, 5.41) is 15.7. The smallest absolute Gasteiger partial charge is 0.304 e. The first-order chi connectivity index (χ1) is 17.4. The Labute approximate surface area is 225 Å². The van der Waals surface area contributed by atoms with Crippen molar-refractivity contribution in [2.24, 2.45) is 17.8 Å². The van der Waals surface area contributed by atoms with Crippen molar-refractivity contribution in [2.45, 2.75) is 76.9 Å². The SMILES string of the molecule is C=C1[C@@H](CC(=O)O)[C@H](n2ncc3c(N4C[C@H]5CCC[C@H]5C4)cc(Cl)nc32)O[C@@H]1CO[Si](C)(C)C(C)(C)C. The van der Waals surface area contributed by atoms with E-state index in [-0.39, 0.29) is 11.5 Å². The fourth-order valence-electron chi connectivity index (χ4n) is 5.92. The number of carboxylic acid groups (broad SMARTS) is 1. The van der Waals surface area contributed by atoms with Gasteiger partial charge in [-0.15, -0.1) is 0 Å². The topological polar surface area (TPSA) is 89.7 Å². The van der Waals surface area contributed by atoms with Crippen LogP contribution in [0.15, 0.2) is 24.4 Å². The van der Waals surface area contributed by atoms with Crippen LogP contribution in [0, 0.1) is 17.8 Å². The molecule has 5 rings (SSSR count). The van der Waals surface area contributed by atoms with Crippen LogP contribution in [0.3, 0.4) is 0 Å². The number of nitrogens with zero attached hydrogens (tertiary/aromatic N) is 4. The second kappa shape index (κ2) is 9.66. The van der Waals surface area contributed by atoms with Gasteiger partial charge in [0, 0.05) is 19.0 Å². The maximum atomic E-state index is 11.8. The number of hydrogen-bond acceptors (Lipinski definition) is 6. The number of aliphatic carboxylic acids is 1. The van der Waals surface area contributed by atoms with Gasteiger partial charge in [0.1, 0.15) is 11.3 Å². The highest BCUT2D eigenvalue weighted by molar-refractivity contribution is 6.74. The lowest BCUT2D eigenvalue weighted by atomic mass is 9.94. The number of anilines is 1. The number of carboxylic acids is 1. The average molecular weight is 547 g/mol. The molecular weight excluding hydrogens is 508 g/mol. The molecular formula is C27H39ClN4O4Si. The summed E-state index contributed by atoms with van der Waals surface area (Å²) in [5.41, 5.74) is 2.38. The monoisotopic (exact) mass is 546 g/mol. The van der Waals surface area contributed by atoms with E-state index < -0.39 is 32.5 Å². The summed E-state index contributed by atoms with van der Waals surface area (Å²) in [5.74, 6) is 0.113. The zero-order valence-electron chi connectivity index (χ0n) is 22.5. The second-order valence-electron chi connectivity index (χ2n) is 12.5. The van der Waals surface area contributed by atoms with Gasteiger partial charge in [-0.05, 0) is 54.4 Å². The van der Waals surface area contributed by atoms with Gasteiger partial charge in [0.05, 0.1) is 30.3 Å². The Morgan fingerprint density at radius 1 is 1.30 bits per heavy atom. The van der Waals surface area contributed by atoms with Crippen LogP contribution in [0.4, 0.5) is 5.69 Å². The predicted octanol–water partition coefficient (Wildman–Crippen LogP) is 5.89. The van der Waals surface area contributed by atoms with Crippen molar-refractivity contribution < 1.29 is 19.1 Å². The van der Waals surface area contributed by atoms with Crippen LogP contribution >= 0.6 is 11.6 Å². The Morgan fingerprint density at radius 2 is 1.97 bits per heavy atom. The molecule has 3 aliphatic rings. The van der Waals surface area contributed by atoms with E-state index in [9.17, 15) is 9.90 Å². The molecule has 8 nitrogen and oxygen atoms in total. The molecule has 0 bridgehead atoms. The summed E-state index contributed by atoms with van der Waals surface area (Å²) in [4.78, 5) is 18.9. The Balaban J connectivity index is 1.45. The second-order valence-corrected chi connectivity index (χ2v) is 17.7. The minimum Gasteiger partial charge on any atom is -0.481 e. The highest BCUT2D eigenvalue weighted by Gasteiger charge is 2.45. The average Bonchev–Trinajstić information content (AvgIpc) is 3.55. The van der Waals surface area contributed by atoms with Gasteiger partial charge in [0.25, 0.3) is 0 Å². The predicted molar refractivity (Wildman–Crippen MR) is 148 cm³/mol. The molecule has 1 saturated carbocycles. The molecule has 5 atom stereocenters. The van der Waals surface area contributed by atoms with Crippen LogP contribution in [-0.2, 0) is 14.0 Å². The van der Waals surface area contributed by atoms with E-state index in [1.165, 1.54) is 19.3 Å². The van der Waals surface area contributed by atoms with Gasteiger partial charge < -0.3 is 19.2 Å². The van der Waals surface area contributed by atoms with Crippen LogP contribution in [0.2, 0.25) is 23.3 Å². The van der Waals surface area contributed by atoms with E-state index in [0.29, 0.717) is 17.4 Å². The molecule has 37 heavy (non-hydrogen) atoms.